The number of nitrogens with zero attached hydrogens (tertiary/aromatic N) is 6. The number of aromatic nitrogens is 4. The molecule has 134 valence electrons. The fourth-order valence-electron chi connectivity index (χ4n) is 2.86. The highest BCUT2D eigenvalue weighted by molar-refractivity contribution is 5.42. The van der Waals surface area contributed by atoms with Crippen molar-refractivity contribution in [2.75, 3.05) is 43.1 Å². The molecule has 1 saturated heterocycles. The van der Waals surface area contributed by atoms with Crippen LogP contribution >= 0.6 is 0 Å². The number of hydrogen-bond donors (Lipinski definition) is 0. The molecule has 8 nitrogen and oxygen atoms in total. The van der Waals surface area contributed by atoms with Crippen molar-refractivity contribution < 1.29 is 4.74 Å². The molecule has 1 atom stereocenters. The molecule has 0 spiro atoms. The second-order valence-electron chi connectivity index (χ2n) is 6.46. The van der Waals surface area contributed by atoms with Gasteiger partial charge in [0.15, 0.2) is 11.6 Å². The first kappa shape index (κ1) is 17.3. The quantitative estimate of drug-likeness (QED) is 0.801. The summed E-state index contributed by atoms with van der Waals surface area (Å²) in [6, 6.07) is 2.06. The largest absolute Gasteiger partial charge is 0.373 e. The Morgan fingerprint density at radius 2 is 2.16 bits per heavy atom. The predicted molar refractivity (Wildman–Crippen MR) is 96.2 cm³/mol. The SMILES string of the molecule is Cc1cc(N2CCO[C@@H](CN(C)c3nccn(C)c3=O)C2)nnc1C. The third kappa shape index (κ3) is 3.79. The Hall–Kier alpha value is -2.48. The van der Waals surface area contributed by atoms with Gasteiger partial charge >= 0.3 is 0 Å². The minimum atomic E-state index is -0.113. The van der Waals surface area contributed by atoms with E-state index in [0.717, 1.165) is 23.6 Å². The van der Waals surface area contributed by atoms with Crippen LogP contribution in [0.15, 0.2) is 23.3 Å². The minimum Gasteiger partial charge on any atom is -0.373 e. The molecule has 1 aliphatic heterocycles. The molecular formula is C17H24N6O2. The van der Waals surface area contributed by atoms with E-state index in [2.05, 4.69) is 26.1 Å². The molecule has 0 amide bonds. The number of aryl methyl sites for hydroxylation is 3. The molecule has 3 heterocycles. The lowest BCUT2D eigenvalue weighted by Gasteiger charge is -2.35. The van der Waals surface area contributed by atoms with Crippen molar-refractivity contribution in [3.8, 4) is 0 Å². The van der Waals surface area contributed by atoms with Crippen molar-refractivity contribution in [2.24, 2.45) is 7.05 Å². The van der Waals surface area contributed by atoms with E-state index in [1.54, 1.807) is 19.4 Å². The zero-order chi connectivity index (χ0) is 18.0. The Balaban J connectivity index is 1.70. The lowest BCUT2D eigenvalue weighted by molar-refractivity contribution is 0.0454. The zero-order valence-corrected chi connectivity index (χ0v) is 15.1. The Kier molecular flexibility index (Phi) is 4.98. The third-order valence-electron chi connectivity index (χ3n) is 4.52. The lowest BCUT2D eigenvalue weighted by atomic mass is 10.2. The van der Waals surface area contributed by atoms with Gasteiger partial charge in [-0.05, 0) is 25.5 Å². The number of ether oxygens (including phenoxy) is 1. The molecule has 0 radical (unpaired) electrons. The van der Waals surface area contributed by atoms with Crippen molar-refractivity contribution in [3.05, 3.63) is 40.1 Å². The molecule has 0 aromatic carbocycles. The Morgan fingerprint density at radius 3 is 2.92 bits per heavy atom. The number of hydrogen-bond acceptors (Lipinski definition) is 7. The molecule has 25 heavy (non-hydrogen) atoms. The molecular weight excluding hydrogens is 320 g/mol. The van der Waals surface area contributed by atoms with E-state index in [9.17, 15) is 4.79 Å². The first-order valence-corrected chi connectivity index (χ1v) is 8.36. The molecule has 2 aromatic heterocycles. The van der Waals surface area contributed by atoms with E-state index in [-0.39, 0.29) is 11.7 Å². The summed E-state index contributed by atoms with van der Waals surface area (Å²) in [5.41, 5.74) is 1.96. The Morgan fingerprint density at radius 1 is 1.36 bits per heavy atom. The molecule has 0 bridgehead atoms. The van der Waals surface area contributed by atoms with E-state index in [0.29, 0.717) is 25.5 Å². The van der Waals surface area contributed by atoms with Crippen LogP contribution in [0, 0.1) is 13.8 Å². The van der Waals surface area contributed by atoms with Crippen LogP contribution in [0.3, 0.4) is 0 Å². The summed E-state index contributed by atoms with van der Waals surface area (Å²) in [7, 11) is 3.58. The summed E-state index contributed by atoms with van der Waals surface area (Å²) in [4.78, 5) is 20.4. The average Bonchev–Trinajstić information content (AvgIpc) is 2.60. The second-order valence-corrected chi connectivity index (χ2v) is 6.46. The first-order valence-electron chi connectivity index (χ1n) is 8.36. The van der Waals surface area contributed by atoms with E-state index in [1.807, 2.05) is 25.8 Å². The molecule has 8 heteroatoms. The van der Waals surface area contributed by atoms with Crippen molar-refractivity contribution in [2.45, 2.75) is 20.0 Å². The molecule has 0 unspecified atom stereocenters. The standard InChI is InChI=1S/C17H24N6O2/c1-12-9-15(20-19-13(12)2)23-7-8-25-14(11-23)10-22(4)16-17(24)21(3)6-5-18-16/h5-6,9,14H,7-8,10-11H2,1-4H3/t14-/m0/s1. The third-order valence-corrected chi connectivity index (χ3v) is 4.52. The molecule has 1 aliphatic rings. The van der Waals surface area contributed by atoms with Crippen molar-refractivity contribution in [1.29, 1.82) is 0 Å². The first-order chi connectivity index (χ1) is 12.0. The molecule has 0 aliphatic carbocycles. The normalized spacial score (nSPS) is 17.6. The van der Waals surface area contributed by atoms with Crippen molar-refractivity contribution in [1.82, 2.24) is 19.7 Å². The van der Waals surface area contributed by atoms with Crippen LogP contribution in [0.4, 0.5) is 11.6 Å². The molecule has 3 rings (SSSR count). The highest BCUT2D eigenvalue weighted by Crippen LogP contribution is 2.17. The van der Waals surface area contributed by atoms with Crippen LogP contribution in [0.25, 0.3) is 0 Å². The van der Waals surface area contributed by atoms with Gasteiger partial charge in [-0.15, -0.1) is 5.10 Å². The van der Waals surface area contributed by atoms with E-state index in [1.165, 1.54) is 4.57 Å². The Labute approximate surface area is 147 Å². The highest BCUT2D eigenvalue weighted by atomic mass is 16.5. The summed E-state index contributed by atoms with van der Waals surface area (Å²) >= 11 is 0. The van der Waals surface area contributed by atoms with Gasteiger partial charge in [0, 0.05) is 46.1 Å². The molecule has 1 fully saturated rings. The van der Waals surface area contributed by atoms with Gasteiger partial charge in [-0.3, -0.25) is 4.79 Å². The van der Waals surface area contributed by atoms with Crippen LogP contribution in [0.1, 0.15) is 11.3 Å². The van der Waals surface area contributed by atoms with Gasteiger partial charge in [0.1, 0.15) is 0 Å². The fourth-order valence-corrected chi connectivity index (χ4v) is 2.86. The van der Waals surface area contributed by atoms with Gasteiger partial charge < -0.3 is 19.1 Å². The summed E-state index contributed by atoms with van der Waals surface area (Å²) in [5.74, 6) is 1.30. The van der Waals surface area contributed by atoms with Crippen LogP contribution < -0.4 is 15.4 Å². The van der Waals surface area contributed by atoms with Crippen LogP contribution in [-0.2, 0) is 11.8 Å². The number of morpholine rings is 1. The number of likely N-dealkylation sites (N-methyl/N-ethyl adjacent to an activating group) is 1. The maximum atomic E-state index is 12.2. The zero-order valence-electron chi connectivity index (χ0n) is 15.1. The van der Waals surface area contributed by atoms with Gasteiger partial charge in [0.25, 0.3) is 5.56 Å². The molecule has 2 aromatic rings. The maximum Gasteiger partial charge on any atom is 0.293 e. The van der Waals surface area contributed by atoms with Crippen LogP contribution in [0.2, 0.25) is 0 Å². The van der Waals surface area contributed by atoms with Gasteiger partial charge in [-0.25, -0.2) is 4.98 Å². The minimum absolute atomic E-state index is 0.0335. The molecule has 0 N–H and O–H groups in total. The van der Waals surface area contributed by atoms with Gasteiger partial charge in [0.05, 0.1) is 18.4 Å². The van der Waals surface area contributed by atoms with E-state index >= 15 is 0 Å². The van der Waals surface area contributed by atoms with Crippen LogP contribution in [0.5, 0.6) is 0 Å². The fraction of sp³-hybridized carbons (Fsp3) is 0.529. The van der Waals surface area contributed by atoms with Gasteiger partial charge in [0.2, 0.25) is 0 Å². The average molecular weight is 344 g/mol. The Bertz CT molecular complexity index is 806. The summed E-state index contributed by atoms with van der Waals surface area (Å²) in [6.07, 6.45) is 3.25. The van der Waals surface area contributed by atoms with Gasteiger partial charge in [-0.2, -0.15) is 5.10 Å². The number of anilines is 2. The predicted octanol–water partition coefficient (Wildman–Crippen LogP) is 0.529. The van der Waals surface area contributed by atoms with E-state index < -0.39 is 0 Å². The maximum absolute atomic E-state index is 12.2. The van der Waals surface area contributed by atoms with Gasteiger partial charge in [-0.1, -0.05) is 0 Å². The molecule has 0 saturated carbocycles. The lowest BCUT2D eigenvalue weighted by Crippen LogP contribution is -2.48. The summed E-state index contributed by atoms with van der Waals surface area (Å²) < 4.78 is 7.40. The monoisotopic (exact) mass is 344 g/mol. The van der Waals surface area contributed by atoms with Crippen LogP contribution in [-0.4, -0.2) is 59.1 Å². The number of rotatable bonds is 4. The van der Waals surface area contributed by atoms with Crippen molar-refractivity contribution >= 4 is 11.6 Å². The van der Waals surface area contributed by atoms with E-state index in [4.69, 9.17) is 4.74 Å². The smallest absolute Gasteiger partial charge is 0.293 e. The topological polar surface area (TPSA) is 76.4 Å². The highest BCUT2D eigenvalue weighted by Gasteiger charge is 2.24. The summed E-state index contributed by atoms with van der Waals surface area (Å²) in [5, 5.41) is 8.51. The van der Waals surface area contributed by atoms with Crippen molar-refractivity contribution in [3.63, 3.8) is 0 Å². The second kappa shape index (κ2) is 7.18. The summed E-state index contributed by atoms with van der Waals surface area (Å²) in [6.45, 7) is 6.68.